The number of rotatable bonds is 22. The van der Waals surface area contributed by atoms with Crippen LogP contribution in [0.15, 0.2) is 0 Å². The van der Waals surface area contributed by atoms with Crippen molar-refractivity contribution in [2.75, 3.05) is 79.3 Å². The Morgan fingerprint density at radius 1 is 0.500 bits per heavy atom. The van der Waals surface area contributed by atoms with E-state index in [2.05, 4.69) is 0 Å². The lowest BCUT2D eigenvalue weighted by atomic mass is 9.79. The Morgan fingerprint density at radius 2 is 0.737 bits per heavy atom. The summed E-state index contributed by atoms with van der Waals surface area (Å²) in [5, 5.41) is 54.9. The van der Waals surface area contributed by atoms with E-state index in [1.165, 1.54) is 0 Å². The molecule has 0 aromatic heterocycles. The SMILES string of the molecule is O=C(OC(OCCO)(OCCO)OCCO)C1CCCCC1C(=O)OC(OCCO)(OCCO)OCCO. The highest BCUT2D eigenvalue weighted by Gasteiger charge is 2.48. The van der Waals surface area contributed by atoms with Gasteiger partial charge in [-0.25, -0.2) is 0 Å². The Bertz CT molecular complexity index is 549. The maximum Gasteiger partial charge on any atom is 0.463 e. The molecule has 1 aliphatic rings. The number of aliphatic hydroxyl groups is 6. The predicted octanol–water partition coefficient (Wildman–Crippen LogP) is -2.84. The zero-order valence-corrected chi connectivity index (χ0v) is 21.2. The summed E-state index contributed by atoms with van der Waals surface area (Å²) >= 11 is 0. The smallest absolute Gasteiger partial charge is 0.394 e. The van der Waals surface area contributed by atoms with Crippen LogP contribution in [0.5, 0.6) is 0 Å². The van der Waals surface area contributed by atoms with Crippen molar-refractivity contribution in [3.63, 3.8) is 0 Å². The molecule has 0 radical (unpaired) electrons. The average Bonchev–Trinajstić information content (AvgIpc) is 2.94. The van der Waals surface area contributed by atoms with Gasteiger partial charge in [-0.3, -0.25) is 38.0 Å². The lowest BCUT2D eigenvalue weighted by Gasteiger charge is -2.36. The minimum atomic E-state index is -2.51. The first kappa shape index (κ1) is 34.5. The van der Waals surface area contributed by atoms with Crippen molar-refractivity contribution in [1.82, 2.24) is 0 Å². The summed E-state index contributed by atoms with van der Waals surface area (Å²) in [5.74, 6) is -4.19. The summed E-state index contributed by atoms with van der Waals surface area (Å²) in [6.45, 7) is -5.36. The number of hydrogen-bond donors (Lipinski definition) is 6. The molecule has 1 fully saturated rings. The molecule has 16 heteroatoms. The van der Waals surface area contributed by atoms with Gasteiger partial charge in [-0.2, -0.15) is 0 Å². The van der Waals surface area contributed by atoms with Gasteiger partial charge in [0, 0.05) is 0 Å². The van der Waals surface area contributed by atoms with Crippen LogP contribution in [0.2, 0.25) is 0 Å². The molecular weight excluding hydrogens is 520 g/mol. The van der Waals surface area contributed by atoms with Crippen molar-refractivity contribution in [2.45, 2.75) is 38.0 Å². The van der Waals surface area contributed by atoms with Crippen LogP contribution >= 0.6 is 0 Å². The molecule has 2 unspecified atom stereocenters. The third kappa shape index (κ3) is 11.7. The van der Waals surface area contributed by atoms with Crippen molar-refractivity contribution < 1.29 is 78.1 Å². The number of carbonyl (C=O) groups is 2. The summed E-state index contributed by atoms with van der Waals surface area (Å²) in [6, 6.07) is 0. The van der Waals surface area contributed by atoms with Gasteiger partial charge in [-0.1, -0.05) is 12.8 Å². The Hall–Kier alpha value is -1.54. The topological polar surface area (TPSA) is 229 Å². The minimum Gasteiger partial charge on any atom is -0.394 e. The van der Waals surface area contributed by atoms with Crippen molar-refractivity contribution in [3.05, 3.63) is 0 Å². The molecule has 0 spiro atoms. The molecule has 1 aliphatic carbocycles. The Labute approximate surface area is 219 Å². The molecule has 1 saturated carbocycles. The highest BCUT2D eigenvalue weighted by atomic mass is 17.0. The van der Waals surface area contributed by atoms with Crippen LogP contribution < -0.4 is 0 Å². The first-order chi connectivity index (χ1) is 18.4. The minimum absolute atomic E-state index is 0.189. The highest BCUT2D eigenvalue weighted by molar-refractivity contribution is 5.82. The maximum absolute atomic E-state index is 13.2. The normalized spacial score (nSPS) is 18.4. The van der Waals surface area contributed by atoms with Crippen molar-refractivity contribution >= 4 is 11.9 Å². The van der Waals surface area contributed by atoms with Gasteiger partial charge in [0.05, 0.1) is 91.1 Å². The Morgan fingerprint density at radius 3 is 0.947 bits per heavy atom. The molecule has 0 aromatic rings. The van der Waals surface area contributed by atoms with Gasteiger partial charge in [0.1, 0.15) is 0 Å². The fraction of sp³-hybridized carbons (Fsp3) is 0.909. The molecule has 16 nitrogen and oxygen atoms in total. The number of esters is 2. The Balaban J connectivity index is 3.16. The fourth-order valence-corrected chi connectivity index (χ4v) is 3.54. The van der Waals surface area contributed by atoms with E-state index in [4.69, 9.17) is 68.5 Å². The van der Waals surface area contributed by atoms with Crippen LogP contribution in [0.4, 0.5) is 0 Å². The second-order valence-corrected chi connectivity index (χ2v) is 7.77. The van der Waals surface area contributed by atoms with Crippen LogP contribution in [0, 0.1) is 11.8 Å². The number of ether oxygens (including phenoxy) is 8. The molecule has 0 aliphatic heterocycles. The number of hydrogen-bond acceptors (Lipinski definition) is 16. The van der Waals surface area contributed by atoms with Gasteiger partial charge in [-0.05, 0) is 12.8 Å². The third-order valence-electron chi connectivity index (χ3n) is 5.04. The second-order valence-electron chi connectivity index (χ2n) is 7.77. The molecule has 224 valence electrons. The second kappa shape index (κ2) is 19.5. The average molecular weight is 561 g/mol. The zero-order valence-electron chi connectivity index (χ0n) is 21.2. The molecular formula is C22H40O16. The Kier molecular flexibility index (Phi) is 17.7. The van der Waals surface area contributed by atoms with Crippen molar-refractivity contribution in [1.29, 1.82) is 0 Å². The largest absolute Gasteiger partial charge is 0.463 e. The molecule has 0 saturated heterocycles. The van der Waals surface area contributed by atoms with E-state index in [0.717, 1.165) is 0 Å². The van der Waals surface area contributed by atoms with E-state index in [-0.39, 0.29) is 12.8 Å². The quantitative estimate of drug-likeness (QED) is 0.0578. The van der Waals surface area contributed by atoms with Crippen LogP contribution in [0.3, 0.4) is 0 Å². The van der Waals surface area contributed by atoms with E-state index < -0.39 is 115 Å². The zero-order chi connectivity index (χ0) is 28.3. The van der Waals surface area contributed by atoms with Gasteiger partial charge in [0.25, 0.3) is 0 Å². The molecule has 6 N–H and O–H groups in total. The van der Waals surface area contributed by atoms with Crippen LogP contribution in [0.1, 0.15) is 25.7 Å². The lowest BCUT2D eigenvalue weighted by Crippen LogP contribution is -2.50. The van der Waals surface area contributed by atoms with Crippen molar-refractivity contribution in [3.8, 4) is 0 Å². The maximum atomic E-state index is 13.2. The molecule has 38 heavy (non-hydrogen) atoms. The van der Waals surface area contributed by atoms with Gasteiger partial charge < -0.3 is 40.1 Å². The van der Waals surface area contributed by atoms with E-state index in [0.29, 0.717) is 12.8 Å². The van der Waals surface area contributed by atoms with Crippen molar-refractivity contribution in [2.24, 2.45) is 11.8 Å². The van der Waals surface area contributed by atoms with Gasteiger partial charge >= 0.3 is 24.3 Å². The molecule has 0 bridgehead atoms. The standard InChI is InChI=1S/C22H40O16/c23-5-11-31-21(32-12-6-24,33-13-7-25)37-19(29)17-3-1-2-4-18(17)20(30)38-22(34-14-8-26,35-15-9-27)36-16-10-28/h17-18,23-28H,1-16H2. The van der Waals surface area contributed by atoms with Gasteiger partial charge in [0.15, 0.2) is 0 Å². The number of carbonyl (C=O) groups excluding carboxylic acids is 2. The summed E-state index contributed by atoms with van der Waals surface area (Å²) in [6.07, 6.45) is -3.55. The first-order valence-corrected chi connectivity index (χ1v) is 12.3. The lowest BCUT2D eigenvalue weighted by molar-refractivity contribution is -0.487. The third-order valence-corrected chi connectivity index (χ3v) is 5.04. The predicted molar refractivity (Wildman–Crippen MR) is 121 cm³/mol. The fourth-order valence-electron chi connectivity index (χ4n) is 3.54. The first-order valence-electron chi connectivity index (χ1n) is 12.3. The van der Waals surface area contributed by atoms with E-state index in [9.17, 15) is 9.59 Å². The molecule has 0 aromatic carbocycles. The highest BCUT2D eigenvalue weighted by Crippen LogP contribution is 2.35. The summed E-state index contributed by atoms with van der Waals surface area (Å²) in [4.78, 5) is 26.5. The van der Waals surface area contributed by atoms with E-state index >= 15 is 0 Å². The van der Waals surface area contributed by atoms with E-state index in [1.807, 2.05) is 0 Å². The monoisotopic (exact) mass is 560 g/mol. The molecule has 0 heterocycles. The van der Waals surface area contributed by atoms with Crippen LogP contribution in [0.25, 0.3) is 0 Å². The van der Waals surface area contributed by atoms with Gasteiger partial charge in [-0.15, -0.1) is 0 Å². The molecule has 2 atom stereocenters. The summed E-state index contributed by atoms with van der Waals surface area (Å²) in [7, 11) is 0. The van der Waals surface area contributed by atoms with E-state index in [1.54, 1.807) is 0 Å². The summed E-state index contributed by atoms with van der Waals surface area (Å²) < 4.78 is 42.2. The molecule has 1 rings (SSSR count). The molecule has 0 amide bonds. The summed E-state index contributed by atoms with van der Waals surface area (Å²) in [5.41, 5.74) is 0. The van der Waals surface area contributed by atoms with Crippen LogP contribution in [-0.2, 0) is 47.5 Å². The van der Waals surface area contributed by atoms with Gasteiger partial charge in [0.2, 0.25) is 0 Å². The van der Waals surface area contributed by atoms with Crippen LogP contribution in [-0.4, -0.2) is 134 Å². The number of aliphatic hydroxyl groups excluding tert-OH is 6.